The zero-order chi connectivity index (χ0) is 12.1. The SMILES string of the molecule is CCC(O)CCCn1ccn(C(C)C)c1=O. The largest absolute Gasteiger partial charge is 0.393 e. The minimum Gasteiger partial charge on any atom is -0.393 e. The summed E-state index contributed by atoms with van der Waals surface area (Å²) in [5.74, 6) is 0. The van der Waals surface area contributed by atoms with Crippen molar-refractivity contribution >= 4 is 0 Å². The Labute approximate surface area is 96.5 Å². The third kappa shape index (κ3) is 3.23. The summed E-state index contributed by atoms with van der Waals surface area (Å²) >= 11 is 0. The molecule has 0 amide bonds. The maximum absolute atomic E-state index is 11.8. The summed E-state index contributed by atoms with van der Waals surface area (Å²) in [5, 5.41) is 9.41. The maximum Gasteiger partial charge on any atom is 0.328 e. The van der Waals surface area contributed by atoms with E-state index in [1.165, 1.54) is 0 Å². The van der Waals surface area contributed by atoms with Crippen LogP contribution in [-0.4, -0.2) is 20.3 Å². The first-order valence-corrected chi connectivity index (χ1v) is 6.01. The summed E-state index contributed by atoms with van der Waals surface area (Å²) in [6.07, 6.45) is 5.79. The van der Waals surface area contributed by atoms with Gasteiger partial charge in [-0.1, -0.05) is 6.92 Å². The van der Waals surface area contributed by atoms with Crippen LogP contribution in [0.3, 0.4) is 0 Å². The molecule has 0 fully saturated rings. The highest BCUT2D eigenvalue weighted by Gasteiger charge is 2.06. The number of aliphatic hydroxyl groups excluding tert-OH is 1. The Bertz CT molecular complexity index is 365. The minimum absolute atomic E-state index is 0.0426. The fraction of sp³-hybridized carbons (Fsp3) is 0.750. The molecule has 0 bridgehead atoms. The molecule has 0 aliphatic carbocycles. The summed E-state index contributed by atoms with van der Waals surface area (Å²) < 4.78 is 3.43. The van der Waals surface area contributed by atoms with Crippen molar-refractivity contribution in [3.63, 3.8) is 0 Å². The standard InChI is InChI=1S/C12H22N2O2/c1-4-11(15)6-5-7-13-8-9-14(10(2)3)12(13)16/h8-11,15H,4-7H2,1-3H3. The Morgan fingerprint density at radius 3 is 2.56 bits per heavy atom. The van der Waals surface area contributed by atoms with Gasteiger partial charge in [0, 0.05) is 25.0 Å². The monoisotopic (exact) mass is 226 g/mol. The number of aryl methyl sites for hydroxylation is 1. The van der Waals surface area contributed by atoms with E-state index in [1.54, 1.807) is 9.13 Å². The first kappa shape index (κ1) is 13.0. The van der Waals surface area contributed by atoms with Gasteiger partial charge in [0.15, 0.2) is 0 Å². The molecule has 92 valence electrons. The third-order valence-corrected chi connectivity index (χ3v) is 2.84. The van der Waals surface area contributed by atoms with Gasteiger partial charge in [-0.2, -0.15) is 0 Å². The number of aromatic nitrogens is 2. The van der Waals surface area contributed by atoms with Crippen LogP contribution in [0.15, 0.2) is 17.2 Å². The molecule has 0 aromatic carbocycles. The molecule has 1 aromatic rings. The first-order chi connectivity index (χ1) is 7.56. The van der Waals surface area contributed by atoms with Crippen LogP contribution >= 0.6 is 0 Å². The van der Waals surface area contributed by atoms with Gasteiger partial charge in [0.2, 0.25) is 0 Å². The van der Waals surface area contributed by atoms with E-state index < -0.39 is 0 Å². The number of hydrogen-bond donors (Lipinski definition) is 1. The van der Waals surface area contributed by atoms with Crippen LogP contribution in [0.1, 0.15) is 46.1 Å². The van der Waals surface area contributed by atoms with E-state index in [1.807, 2.05) is 33.2 Å². The molecule has 1 atom stereocenters. The van der Waals surface area contributed by atoms with Crippen molar-refractivity contribution in [3.8, 4) is 0 Å². The van der Waals surface area contributed by atoms with Crippen LogP contribution in [0.4, 0.5) is 0 Å². The van der Waals surface area contributed by atoms with Crippen molar-refractivity contribution in [2.75, 3.05) is 0 Å². The molecule has 1 aromatic heterocycles. The lowest BCUT2D eigenvalue weighted by molar-refractivity contribution is 0.155. The Morgan fingerprint density at radius 2 is 2.06 bits per heavy atom. The van der Waals surface area contributed by atoms with Gasteiger partial charge in [-0.15, -0.1) is 0 Å². The molecule has 16 heavy (non-hydrogen) atoms. The zero-order valence-electron chi connectivity index (χ0n) is 10.4. The van der Waals surface area contributed by atoms with E-state index in [0.717, 1.165) is 19.3 Å². The highest BCUT2D eigenvalue weighted by molar-refractivity contribution is 4.83. The smallest absolute Gasteiger partial charge is 0.328 e. The normalized spacial score (nSPS) is 13.3. The van der Waals surface area contributed by atoms with Crippen LogP contribution < -0.4 is 5.69 Å². The van der Waals surface area contributed by atoms with E-state index >= 15 is 0 Å². The predicted octanol–water partition coefficient (Wildman–Crippen LogP) is 1.78. The second-order valence-electron chi connectivity index (χ2n) is 4.48. The number of hydrogen-bond acceptors (Lipinski definition) is 2. The summed E-state index contributed by atoms with van der Waals surface area (Å²) in [4.78, 5) is 11.8. The number of aliphatic hydroxyl groups is 1. The van der Waals surface area contributed by atoms with Crippen molar-refractivity contribution in [2.24, 2.45) is 0 Å². The van der Waals surface area contributed by atoms with Gasteiger partial charge in [0.05, 0.1) is 6.10 Å². The van der Waals surface area contributed by atoms with E-state index in [4.69, 9.17) is 0 Å². The van der Waals surface area contributed by atoms with Crippen molar-refractivity contribution in [1.29, 1.82) is 0 Å². The average molecular weight is 226 g/mol. The molecule has 0 radical (unpaired) electrons. The Balaban J connectivity index is 2.52. The van der Waals surface area contributed by atoms with Crippen molar-refractivity contribution < 1.29 is 5.11 Å². The quantitative estimate of drug-likeness (QED) is 0.803. The third-order valence-electron chi connectivity index (χ3n) is 2.84. The molecule has 4 heteroatoms. The Morgan fingerprint density at radius 1 is 1.38 bits per heavy atom. The molecular formula is C12H22N2O2. The zero-order valence-corrected chi connectivity index (χ0v) is 10.4. The van der Waals surface area contributed by atoms with Crippen molar-refractivity contribution in [3.05, 3.63) is 22.9 Å². The summed E-state index contributed by atoms with van der Waals surface area (Å²) in [6.45, 7) is 6.64. The van der Waals surface area contributed by atoms with E-state index in [-0.39, 0.29) is 17.8 Å². The van der Waals surface area contributed by atoms with E-state index in [9.17, 15) is 9.90 Å². The van der Waals surface area contributed by atoms with Gasteiger partial charge in [-0.25, -0.2) is 4.79 Å². The van der Waals surface area contributed by atoms with Crippen molar-refractivity contribution in [1.82, 2.24) is 9.13 Å². The van der Waals surface area contributed by atoms with Gasteiger partial charge >= 0.3 is 5.69 Å². The first-order valence-electron chi connectivity index (χ1n) is 6.01. The molecule has 0 aliphatic rings. The maximum atomic E-state index is 11.8. The van der Waals surface area contributed by atoms with Crippen LogP contribution in [0.2, 0.25) is 0 Å². The molecule has 0 saturated carbocycles. The van der Waals surface area contributed by atoms with E-state index in [2.05, 4.69) is 0 Å². The predicted molar refractivity (Wildman–Crippen MR) is 64.6 cm³/mol. The fourth-order valence-corrected chi connectivity index (χ4v) is 1.69. The van der Waals surface area contributed by atoms with Gasteiger partial charge in [-0.05, 0) is 33.1 Å². The highest BCUT2D eigenvalue weighted by atomic mass is 16.3. The number of rotatable bonds is 6. The molecule has 1 unspecified atom stereocenters. The molecular weight excluding hydrogens is 204 g/mol. The lowest BCUT2D eigenvalue weighted by Gasteiger charge is -2.07. The summed E-state index contributed by atoms with van der Waals surface area (Å²) in [6, 6.07) is 0.204. The van der Waals surface area contributed by atoms with Gasteiger partial charge < -0.3 is 5.11 Å². The van der Waals surface area contributed by atoms with Crippen LogP contribution in [0, 0.1) is 0 Å². The molecule has 1 N–H and O–H groups in total. The van der Waals surface area contributed by atoms with Gasteiger partial charge in [-0.3, -0.25) is 9.13 Å². The van der Waals surface area contributed by atoms with Crippen LogP contribution in [0.5, 0.6) is 0 Å². The lowest BCUT2D eigenvalue weighted by Crippen LogP contribution is -2.25. The van der Waals surface area contributed by atoms with Crippen molar-refractivity contribution in [2.45, 2.75) is 58.7 Å². The van der Waals surface area contributed by atoms with E-state index in [0.29, 0.717) is 6.54 Å². The summed E-state index contributed by atoms with van der Waals surface area (Å²) in [7, 11) is 0. The minimum atomic E-state index is -0.233. The Hall–Kier alpha value is -1.03. The Kier molecular flexibility index (Phi) is 4.80. The van der Waals surface area contributed by atoms with Crippen LogP contribution in [-0.2, 0) is 6.54 Å². The average Bonchev–Trinajstić information content (AvgIpc) is 2.60. The number of imidazole rings is 1. The highest BCUT2D eigenvalue weighted by Crippen LogP contribution is 2.03. The van der Waals surface area contributed by atoms with Gasteiger partial charge in [0.1, 0.15) is 0 Å². The second kappa shape index (κ2) is 5.89. The molecule has 0 saturated heterocycles. The molecule has 0 spiro atoms. The lowest BCUT2D eigenvalue weighted by atomic mass is 10.1. The summed E-state index contributed by atoms with van der Waals surface area (Å²) in [5.41, 5.74) is 0.0426. The molecule has 0 aliphatic heterocycles. The fourth-order valence-electron chi connectivity index (χ4n) is 1.69. The molecule has 1 heterocycles. The molecule has 1 rings (SSSR count). The molecule has 4 nitrogen and oxygen atoms in total. The van der Waals surface area contributed by atoms with Gasteiger partial charge in [0.25, 0.3) is 0 Å². The van der Waals surface area contributed by atoms with Crippen LogP contribution in [0.25, 0.3) is 0 Å². The topological polar surface area (TPSA) is 47.2 Å². The second-order valence-corrected chi connectivity index (χ2v) is 4.48. The number of nitrogens with zero attached hydrogens (tertiary/aromatic N) is 2.